The van der Waals surface area contributed by atoms with Crippen LogP contribution in [0.5, 0.6) is 5.75 Å². The highest BCUT2D eigenvalue weighted by molar-refractivity contribution is 8.14. The lowest BCUT2D eigenvalue weighted by Crippen LogP contribution is -2.33. The first-order valence-electron chi connectivity index (χ1n) is 14.4. The Hall–Kier alpha value is -3.87. The number of aliphatic hydroxyl groups excluding tert-OH is 1. The van der Waals surface area contributed by atoms with Gasteiger partial charge in [0, 0.05) is 30.1 Å². The molecule has 2 heterocycles. The Morgan fingerprint density at radius 1 is 1.05 bits per heavy atom. The summed E-state index contributed by atoms with van der Waals surface area (Å²) in [5.74, 6) is 1.57. The molecule has 0 amide bonds. The maximum atomic E-state index is 12.4. The smallest absolute Gasteiger partial charge is 0.406 e. The molecule has 1 aliphatic rings. The van der Waals surface area contributed by atoms with Crippen LogP contribution in [0.15, 0.2) is 78.0 Å². The Morgan fingerprint density at radius 3 is 2.45 bits per heavy atom. The fraction of sp³-hybridized carbons (Fsp3) is 0.344. The van der Waals surface area contributed by atoms with Gasteiger partial charge in [-0.3, -0.25) is 5.32 Å². The second-order valence-electron chi connectivity index (χ2n) is 10.9. The van der Waals surface area contributed by atoms with E-state index in [4.69, 9.17) is 0 Å². The minimum absolute atomic E-state index is 0.0958. The van der Waals surface area contributed by atoms with Gasteiger partial charge in [0.25, 0.3) is 0 Å². The minimum Gasteiger partial charge on any atom is -0.406 e. The molecule has 1 aromatic heterocycles. The van der Waals surface area contributed by atoms with Crippen molar-refractivity contribution in [1.82, 2.24) is 20.1 Å². The van der Waals surface area contributed by atoms with E-state index in [1.165, 1.54) is 46.4 Å². The fourth-order valence-electron chi connectivity index (χ4n) is 5.22. The number of rotatable bonds is 10. The number of hydrogen-bond acceptors (Lipinski definition) is 7. The third-order valence-electron chi connectivity index (χ3n) is 7.35. The fourth-order valence-corrected chi connectivity index (χ4v) is 6.19. The number of alkyl halides is 3. The summed E-state index contributed by atoms with van der Waals surface area (Å²) in [6.45, 7) is 9.96. The first kappa shape index (κ1) is 31.6. The molecule has 8 nitrogen and oxygen atoms in total. The maximum Gasteiger partial charge on any atom is 0.573 e. The average Bonchev–Trinajstić information content (AvgIpc) is 3.66. The topological polar surface area (TPSA) is 87.8 Å². The van der Waals surface area contributed by atoms with Crippen LogP contribution < -0.4 is 15.0 Å². The van der Waals surface area contributed by atoms with E-state index in [9.17, 15) is 18.3 Å². The summed E-state index contributed by atoms with van der Waals surface area (Å²) in [5, 5.41) is 19.2. The molecule has 3 aromatic carbocycles. The Labute approximate surface area is 259 Å². The normalized spacial score (nSPS) is 16.1. The molecule has 0 bridgehead atoms. The van der Waals surface area contributed by atoms with E-state index >= 15 is 0 Å². The van der Waals surface area contributed by atoms with Gasteiger partial charge in [0.2, 0.25) is 6.35 Å². The van der Waals surface area contributed by atoms with Gasteiger partial charge < -0.3 is 14.7 Å². The van der Waals surface area contributed by atoms with Gasteiger partial charge in [-0.25, -0.2) is 14.7 Å². The molecule has 1 aliphatic heterocycles. The van der Waals surface area contributed by atoms with E-state index in [0.717, 1.165) is 34.3 Å². The zero-order valence-electron chi connectivity index (χ0n) is 24.9. The predicted molar refractivity (Wildman–Crippen MR) is 168 cm³/mol. The Bertz CT molecular complexity index is 1590. The van der Waals surface area contributed by atoms with Crippen molar-refractivity contribution in [1.29, 1.82) is 0 Å². The van der Waals surface area contributed by atoms with Gasteiger partial charge in [0.15, 0.2) is 11.0 Å². The molecule has 0 spiro atoms. The monoisotopic (exact) mass is 624 g/mol. The van der Waals surface area contributed by atoms with Crippen LogP contribution in [0.4, 0.5) is 18.9 Å². The molecule has 4 aromatic rings. The summed E-state index contributed by atoms with van der Waals surface area (Å²) in [6.07, 6.45) is -4.27. The number of aryl methyl sites for hydroxylation is 1. The lowest BCUT2D eigenvalue weighted by molar-refractivity contribution is -0.274. The van der Waals surface area contributed by atoms with E-state index in [1.807, 2.05) is 24.3 Å². The molecule has 2 N–H and O–H groups in total. The third kappa shape index (κ3) is 7.61. The van der Waals surface area contributed by atoms with Gasteiger partial charge in [-0.2, -0.15) is 0 Å². The SMILES string of the molecule is Cc1cccc(N2CCSC2=NC(O)NCC(C)c2ccc(-c3ncn(-c4ccc(OC(F)(F)F)cc4)n3)cc2)c1C(C)C. The van der Waals surface area contributed by atoms with Crippen LogP contribution in [0, 0.1) is 6.92 Å². The Kier molecular flexibility index (Phi) is 9.62. The van der Waals surface area contributed by atoms with Gasteiger partial charge in [-0.1, -0.05) is 68.9 Å². The van der Waals surface area contributed by atoms with Crippen molar-refractivity contribution >= 4 is 22.6 Å². The summed E-state index contributed by atoms with van der Waals surface area (Å²) in [6, 6.07) is 19.6. The minimum atomic E-state index is -4.74. The number of aliphatic imine (C=N–C) groups is 1. The molecule has 0 aliphatic carbocycles. The summed E-state index contributed by atoms with van der Waals surface area (Å²) < 4.78 is 42.7. The number of aromatic nitrogens is 3. The number of thioether (sulfide) groups is 1. The van der Waals surface area contributed by atoms with Crippen molar-refractivity contribution in [3.63, 3.8) is 0 Å². The molecule has 2 atom stereocenters. The number of amidine groups is 1. The number of benzene rings is 3. The van der Waals surface area contributed by atoms with Crippen LogP contribution >= 0.6 is 11.8 Å². The zero-order valence-corrected chi connectivity index (χ0v) is 25.7. The zero-order chi connectivity index (χ0) is 31.4. The third-order valence-corrected chi connectivity index (χ3v) is 8.32. The highest BCUT2D eigenvalue weighted by Crippen LogP contribution is 2.35. The van der Waals surface area contributed by atoms with Gasteiger partial charge in [0.1, 0.15) is 12.1 Å². The van der Waals surface area contributed by atoms with Gasteiger partial charge in [0.05, 0.1) is 5.69 Å². The van der Waals surface area contributed by atoms with E-state index in [-0.39, 0.29) is 11.7 Å². The largest absolute Gasteiger partial charge is 0.573 e. The molecular formula is C32H35F3N6O2S. The van der Waals surface area contributed by atoms with Crippen molar-refractivity contribution in [2.24, 2.45) is 4.99 Å². The Morgan fingerprint density at radius 2 is 1.77 bits per heavy atom. The number of ether oxygens (including phenoxy) is 1. The van der Waals surface area contributed by atoms with E-state index in [1.54, 1.807) is 11.8 Å². The molecule has 12 heteroatoms. The van der Waals surface area contributed by atoms with Crippen molar-refractivity contribution in [2.75, 3.05) is 23.7 Å². The second kappa shape index (κ2) is 13.4. The van der Waals surface area contributed by atoms with Gasteiger partial charge in [-0.05, 0) is 65.8 Å². The van der Waals surface area contributed by atoms with Gasteiger partial charge in [-0.15, -0.1) is 18.3 Å². The number of aliphatic hydroxyl groups is 1. The molecule has 44 heavy (non-hydrogen) atoms. The second-order valence-corrected chi connectivity index (χ2v) is 12.0. The average molecular weight is 625 g/mol. The molecule has 232 valence electrons. The van der Waals surface area contributed by atoms with Crippen molar-refractivity contribution in [3.8, 4) is 22.8 Å². The number of nitrogens with one attached hydrogen (secondary N) is 1. The summed E-state index contributed by atoms with van der Waals surface area (Å²) in [5.41, 5.74) is 6.12. The molecule has 1 saturated heterocycles. The first-order chi connectivity index (χ1) is 21.0. The van der Waals surface area contributed by atoms with Crippen LogP contribution in [-0.4, -0.2) is 56.6 Å². The van der Waals surface area contributed by atoms with E-state index < -0.39 is 12.7 Å². The van der Waals surface area contributed by atoms with Gasteiger partial charge >= 0.3 is 6.36 Å². The molecular weight excluding hydrogens is 589 g/mol. The predicted octanol–water partition coefficient (Wildman–Crippen LogP) is 6.84. The lowest BCUT2D eigenvalue weighted by atomic mass is 9.95. The number of anilines is 1. The standard InChI is InChI=1S/C32H35F3N6O2S/c1-20(2)28-21(3)6-5-7-27(28)40-16-17-44-31(40)38-30(42)36-18-22(4)23-8-10-24(11-9-23)29-37-19-41(39-29)25-12-14-26(15-13-25)43-32(33,34)35/h5-15,19-20,22,30,36,42H,16-18H2,1-4H3. The number of hydrogen-bond donors (Lipinski definition) is 2. The maximum absolute atomic E-state index is 12.4. The summed E-state index contributed by atoms with van der Waals surface area (Å²) in [4.78, 5) is 11.2. The van der Waals surface area contributed by atoms with Crippen molar-refractivity contribution in [3.05, 3.63) is 89.7 Å². The molecule has 0 radical (unpaired) electrons. The molecule has 2 unspecified atom stereocenters. The number of halogens is 3. The van der Waals surface area contributed by atoms with Crippen LogP contribution in [0.3, 0.4) is 0 Å². The lowest BCUT2D eigenvalue weighted by Gasteiger charge is -2.25. The quantitative estimate of drug-likeness (QED) is 0.187. The Balaban J connectivity index is 1.18. The van der Waals surface area contributed by atoms with Crippen LogP contribution in [0.25, 0.3) is 17.1 Å². The number of nitrogens with zero attached hydrogens (tertiary/aromatic N) is 5. The molecule has 1 fully saturated rings. The highest BCUT2D eigenvalue weighted by atomic mass is 32.2. The van der Waals surface area contributed by atoms with Crippen LogP contribution in [-0.2, 0) is 0 Å². The van der Waals surface area contributed by atoms with Crippen molar-refractivity contribution in [2.45, 2.75) is 52.2 Å². The van der Waals surface area contributed by atoms with E-state index in [2.05, 4.69) is 75.9 Å². The molecule has 5 rings (SSSR count). The van der Waals surface area contributed by atoms with Crippen LogP contribution in [0.2, 0.25) is 0 Å². The summed E-state index contributed by atoms with van der Waals surface area (Å²) >= 11 is 1.65. The summed E-state index contributed by atoms with van der Waals surface area (Å²) in [7, 11) is 0. The molecule has 0 saturated carbocycles. The highest BCUT2D eigenvalue weighted by Gasteiger charge is 2.31. The van der Waals surface area contributed by atoms with Crippen molar-refractivity contribution < 1.29 is 23.0 Å². The first-order valence-corrected chi connectivity index (χ1v) is 15.3. The van der Waals surface area contributed by atoms with E-state index in [0.29, 0.717) is 24.0 Å². The van der Waals surface area contributed by atoms with Crippen LogP contribution in [0.1, 0.15) is 49.3 Å².